The van der Waals surface area contributed by atoms with Gasteiger partial charge in [-0.2, -0.15) is 0 Å². The molecule has 2 fully saturated rings. The number of carboxylic acids is 1. The van der Waals surface area contributed by atoms with Crippen LogP contribution in [0.25, 0.3) is 0 Å². The standard InChI is InChI=1S/C12H20N2O3/c1-8(10(15)16)6-13-11(17)14-7-12(4-5-12)9-2-3-9/h8-9H,2-7H2,1H3,(H,15,16)(H2,13,14,17). The molecule has 1 unspecified atom stereocenters. The summed E-state index contributed by atoms with van der Waals surface area (Å²) >= 11 is 0. The molecule has 2 aliphatic carbocycles. The Balaban J connectivity index is 1.62. The van der Waals surface area contributed by atoms with E-state index in [2.05, 4.69) is 10.6 Å². The summed E-state index contributed by atoms with van der Waals surface area (Å²) in [5.41, 5.74) is 0.385. The first-order chi connectivity index (χ1) is 8.03. The number of nitrogens with one attached hydrogen (secondary N) is 2. The molecule has 0 bridgehead atoms. The van der Waals surface area contributed by atoms with Gasteiger partial charge in [-0.1, -0.05) is 6.92 Å². The van der Waals surface area contributed by atoms with Crippen molar-refractivity contribution >= 4 is 12.0 Å². The Morgan fingerprint density at radius 1 is 1.35 bits per heavy atom. The lowest BCUT2D eigenvalue weighted by molar-refractivity contribution is -0.140. The topological polar surface area (TPSA) is 78.4 Å². The number of hydrogen-bond donors (Lipinski definition) is 3. The highest BCUT2D eigenvalue weighted by Crippen LogP contribution is 2.60. The summed E-state index contributed by atoms with van der Waals surface area (Å²) in [6, 6.07) is -0.245. The second kappa shape index (κ2) is 4.55. The fourth-order valence-corrected chi connectivity index (χ4v) is 2.24. The lowest BCUT2D eigenvalue weighted by Crippen LogP contribution is -2.41. The van der Waals surface area contributed by atoms with Crippen molar-refractivity contribution in [3.63, 3.8) is 0 Å². The number of amides is 2. The largest absolute Gasteiger partial charge is 0.481 e. The molecular weight excluding hydrogens is 220 g/mol. The number of aliphatic carboxylic acids is 1. The van der Waals surface area contributed by atoms with E-state index in [4.69, 9.17) is 5.11 Å². The van der Waals surface area contributed by atoms with Crippen LogP contribution in [-0.4, -0.2) is 30.2 Å². The molecule has 17 heavy (non-hydrogen) atoms. The van der Waals surface area contributed by atoms with Crippen molar-refractivity contribution in [2.45, 2.75) is 32.6 Å². The summed E-state index contributed by atoms with van der Waals surface area (Å²) in [5.74, 6) is -0.609. The van der Waals surface area contributed by atoms with Gasteiger partial charge in [0.25, 0.3) is 0 Å². The molecule has 0 aromatic rings. The van der Waals surface area contributed by atoms with Crippen LogP contribution in [0.1, 0.15) is 32.6 Å². The van der Waals surface area contributed by atoms with E-state index in [0.29, 0.717) is 5.41 Å². The highest BCUT2D eigenvalue weighted by molar-refractivity contribution is 5.75. The molecule has 96 valence electrons. The maximum Gasteiger partial charge on any atom is 0.314 e. The predicted octanol–water partition coefficient (Wildman–Crippen LogP) is 1.20. The Morgan fingerprint density at radius 2 is 2.00 bits per heavy atom. The van der Waals surface area contributed by atoms with Crippen molar-refractivity contribution in [1.29, 1.82) is 0 Å². The molecule has 0 aromatic heterocycles. The van der Waals surface area contributed by atoms with Gasteiger partial charge in [0.1, 0.15) is 0 Å². The molecule has 0 aromatic carbocycles. The monoisotopic (exact) mass is 240 g/mol. The molecular formula is C12H20N2O3. The van der Waals surface area contributed by atoms with Crippen LogP contribution in [0.4, 0.5) is 4.79 Å². The van der Waals surface area contributed by atoms with Crippen LogP contribution < -0.4 is 10.6 Å². The van der Waals surface area contributed by atoms with Gasteiger partial charge in [-0.15, -0.1) is 0 Å². The van der Waals surface area contributed by atoms with Crippen LogP contribution in [0.2, 0.25) is 0 Å². The average Bonchev–Trinajstić information content (AvgIpc) is 3.15. The fourth-order valence-electron chi connectivity index (χ4n) is 2.24. The Labute approximate surface area is 101 Å². The van der Waals surface area contributed by atoms with E-state index in [0.717, 1.165) is 12.5 Å². The number of carbonyl (C=O) groups excluding carboxylic acids is 1. The molecule has 3 N–H and O–H groups in total. The van der Waals surface area contributed by atoms with Crippen LogP contribution in [0, 0.1) is 17.3 Å². The van der Waals surface area contributed by atoms with Crippen LogP contribution >= 0.6 is 0 Å². The van der Waals surface area contributed by atoms with E-state index < -0.39 is 11.9 Å². The van der Waals surface area contributed by atoms with Crippen LogP contribution in [0.5, 0.6) is 0 Å². The van der Waals surface area contributed by atoms with Crippen molar-refractivity contribution in [2.24, 2.45) is 17.3 Å². The predicted molar refractivity (Wildman–Crippen MR) is 62.6 cm³/mol. The number of hydrogen-bond acceptors (Lipinski definition) is 2. The van der Waals surface area contributed by atoms with Crippen molar-refractivity contribution in [3.8, 4) is 0 Å². The lowest BCUT2D eigenvalue weighted by Gasteiger charge is -2.16. The third-order valence-electron chi connectivity index (χ3n) is 3.93. The molecule has 2 aliphatic rings. The highest BCUT2D eigenvalue weighted by Gasteiger charge is 2.53. The van der Waals surface area contributed by atoms with E-state index in [-0.39, 0.29) is 12.6 Å². The molecule has 0 saturated heterocycles. The zero-order valence-corrected chi connectivity index (χ0v) is 10.2. The van der Waals surface area contributed by atoms with Gasteiger partial charge in [-0.05, 0) is 37.0 Å². The Morgan fingerprint density at radius 3 is 2.47 bits per heavy atom. The number of carbonyl (C=O) groups is 2. The molecule has 5 heteroatoms. The van der Waals surface area contributed by atoms with Crippen molar-refractivity contribution in [2.75, 3.05) is 13.1 Å². The van der Waals surface area contributed by atoms with E-state index >= 15 is 0 Å². The molecule has 5 nitrogen and oxygen atoms in total. The van der Waals surface area contributed by atoms with E-state index in [1.54, 1.807) is 6.92 Å². The summed E-state index contributed by atoms with van der Waals surface area (Å²) in [4.78, 5) is 22.0. The summed E-state index contributed by atoms with van der Waals surface area (Å²) in [5, 5.41) is 14.1. The van der Waals surface area contributed by atoms with E-state index in [1.165, 1.54) is 25.7 Å². The first kappa shape index (κ1) is 12.2. The maximum absolute atomic E-state index is 11.5. The van der Waals surface area contributed by atoms with Gasteiger partial charge in [0.05, 0.1) is 5.92 Å². The first-order valence-corrected chi connectivity index (χ1v) is 6.28. The number of carboxylic acid groups (broad SMARTS) is 1. The van der Waals surface area contributed by atoms with Gasteiger partial charge in [0.15, 0.2) is 0 Å². The molecule has 0 radical (unpaired) electrons. The van der Waals surface area contributed by atoms with Crippen LogP contribution in [0.15, 0.2) is 0 Å². The summed E-state index contributed by atoms with van der Waals surface area (Å²) in [7, 11) is 0. The number of urea groups is 1. The van der Waals surface area contributed by atoms with Gasteiger partial charge in [-0.25, -0.2) is 4.79 Å². The quantitative estimate of drug-likeness (QED) is 0.652. The Hall–Kier alpha value is -1.26. The van der Waals surface area contributed by atoms with Gasteiger partial charge < -0.3 is 15.7 Å². The number of rotatable bonds is 6. The minimum absolute atomic E-state index is 0.178. The summed E-state index contributed by atoms with van der Waals surface area (Å²) in [6.45, 7) is 2.50. The smallest absolute Gasteiger partial charge is 0.314 e. The van der Waals surface area contributed by atoms with Crippen molar-refractivity contribution < 1.29 is 14.7 Å². The van der Waals surface area contributed by atoms with Crippen molar-refractivity contribution in [1.82, 2.24) is 10.6 Å². The van der Waals surface area contributed by atoms with Gasteiger partial charge >= 0.3 is 12.0 Å². The van der Waals surface area contributed by atoms with Gasteiger partial charge in [0, 0.05) is 13.1 Å². The normalized spacial score (nSPS) is 22.6. The minimum atomic E-state index is -0.887. The third kappa shape index (κ3) is 3.11. The third-order valence-corrected chi connectivity index (χ3v) is 3.93. The second-order valence-electron chi connectivity index (χ2n) is 5.44. The minimum Gasteiger partial charge on any atom is -0.481 e. The van der Waals surface area contributed by atoms with Crippen molar-refractivity contribution in [3.05, 3.63) is 0 Å². The molecule has 0 heterocycles. The SMILES string of the molecule is CC(CNC(=O)NCC1(C2CC2)CC1)C(=O)O. The average molecular weight is 240 g/mol. The highest BCUT2D eigenvalue weighted by atomic mass is 16.4. The molecule has 2 amide bonds. The molecule has 2 rings (SSSR count). The molecule has 2 saturated carbocycles. The summed E-state index contributed by atoms with van der Waals surface area (Å²) in [6.07, 6.45) is 5.06. The molecule has 1 atom stereocenters. The second-order valence-corrected chi connectivity index (χ2v) is 5.44. The Kier molecular flexibility index (Phi) is 3.26. The van der Waals surface area contributed by atoms with Gasteiger partial charge in [0.2, 0.25) is 0 Å². The first-order valence-electron chi connectivity index (χ1n) is 6.28. The van der Waals surface area contributed by atoms with Crippen LogP contribution in [0.3, 0.4) is 0 Å². The van der Waals surface area contributed by atoms with Gasteiger partial charge in [-0.3, -0.25) is 4.79 Å². The van der Waals surface area contributed by atoms with E-state index in [1.807, 2.05) is 0 Å². The zero-order chi connectivity index (χ0) is 12.5. The van der Waals surface area contributed by atoms with Crippen LogP contribution in [-0.2, 0) is 4.79 Å². The van der Waals surface area contributed by atoms with E-state index in [9.17, 15) is 9.59 Å². The zero-order valence-electron chi connectivity index (χ0n) is 10.2. The summed E-state index contributed by atoms with van der Waals surface area (Å²) < 4.78 is 0. The molecule has 0 aliphatic heterocycles. The molecule has 0 spiro atoms. The Bertz CT molecular complexity index is 322. The lowest BCUT2D eigenvalue weighted by atomic mass is 10.0. The maximum atomic E-state index is 11.5. The fraction of sp³-hybridized carbons (Fsp3) is 0.833.